The van der Waals surface area contributed by atoms with Gasteiger partial charge in [0.05, 0.1) is 0 Å². The third-order valence-electron chi connectivity index (χ3n) is 6.66. The molecule has 1 aliphatic heterocycles. The van der Waals surface area contributed by atoms with E-state index >= 15 is 0 Å². The van der Waals surface area contributed by atoms with Crippen molar-refractivity contribution in [2.45, 2.75) is 6.61 Å². The monoisotopic (exact) mass is 517 g/mol. The molecule has 2 amide bonds. The molecule has 1 aliphatic rings. The van der Waals surface area contributed by atoms with Gasteiger partial charge in [-0.05, 0) is 65.7 Å². The average Bonchev–Trinajstić information content (AvgIpc) is 3.00. The number of amides is 2. The Morgan fingerprint density at radius 1 is 0.744 bits per heavy atom. The van der Waals surface area contributed by atoms with Crippen LogP contribution in [-0.4, -0.2) is 42.9 Å². The Kier molecular flexibility index (Phi) is 8.34. The lowest BCUT2D eigenvalue weighted by Crippen LogP contribution is -2.48. The van der Waals surface area contributed by atoms with Crippen LogP contribution in [0.5, 0.6) is 5.75 Å². The molecule has 0 aromatic heterocycles. The van der Waals surface area contributed by atoms with Crippen molar-refractivity contribution in [1.29, 1.82) is 0 Å². The SMILES string of the molecule is O=C(Nc1ccc(N2CCN(C(=O)/C=C/c3ccccc3)CC2)cc1)c1ccc(OCc2ccccc2)cc1. The zero-order valence-corrected chi connectivity index (χ0v) is 21.7. The van der Waals surface area contributed by atoms with Crippen LogP contribution in [0.4, 0.5) is 11.4 Å². The van der Waals surface area contributed by atoms with Crippen LogP contribution in [0.15, 0.2) is 115 Å². The van der Waals surface area contributed by atoms with E-state index < -0.39 is 0 Å². The van der Waals surface area contributed by atoms with E-state index in [1.54, 1.807) is 18.2 Å². The van der Waals surface area contributed by atoms with Gasteiger partial charge in [-0.25, -0.2) is 0 Å². The molecule has 39 heavy (non-hydrogen) atoms. The van der Waals surface area contributed by atoms with Gasteiger partial charge in [0.2, 0.25) is 5.91 Å². The summed E-state index contributed by atoms with van der Waals surface area (Å²) in [6.45, 7) is 3.34. The lowest BCUT2D eigenvalue weighted by atomic mass is 10.2. The fourth-order valence-corrected chi connectivity index (χ4v) is 4.42. The Hall–Kier alpha value is -4.84. The number of nitrogens with zero attached hydrogens (tertiary/aromatic N) is 2. The van der Waals surface area contributed by atoms with Crippen molar-refractivity contribution in [2.75, 3.05) is 36.4 Å². The predicted octanol–water partition coefficient (Wildman–Crippen LogP) is 5.88. The molecular weight excluding hydrogens is 486 g/mol. The lowest BCUT2D eigenvalue weighted by molar-refractivity contribution is -0.126. The van der Waals surface area contributed by atoms with Gasteiger partial charge in [0.25, 0.3) is 5.91 Å². The molecule has 1 N–H and O–H groups in total. The summed E-state index contributed by atoms with van der Waals surface area (Å²) in [6, 6.07) is 34.8. The van der Waals surface area contributed by atoms with Crippen molar-refractivity contribution in [1.82, 2.24) is 4.90 Å². The van der Waals surface area contributed by atoms with Crippen LogP contribution >= 0.6 is 0 Å². The van der Waals surface area contributed by atoms with Crippen molar-refractivity contribution in [3.63, 3.8) is 0 Å². The van der Waals surface area contributed by atoms with E-state index in [4.69, 9.17) is 4.74 Å². The number of nitrogens with one attached hydrogen (secondary N) is 1. The fourth-order valence-electron chi connectivity index (χ4n) is 4.42. The van der Waals surface area contributed by atoms with Crippen LogP contribution in [0.2, 0.25) is 0 Å². The highest BCUT2D eigenvalue weighted by Crippen LogP contribution is 2.21. The van der Waals surface area contributed by atoms with Crippen LogP contribution < -0.4 is 15.0 Å². The minimum atomic E-state index is -0.173. The lowest BCUT2D eigenvalue weighted by Gasteiger charge is -2.35. The van der Waals surface area contributed by atoms with Crippen LogP contribution in [0.25, 0.3) is 6.08 Å². The maximum atomic E-state index is 12.7. The number of hydrogen-bond donors (Lipinski definition) is 1. The van der Waals surface area contributed by atoms with Crippen LogP contribution in [0.1, 0.15) is 21.5 Å². The predicted molar refractivity (Wildman–Crippen MR) is 156 cm³/mol. The third kappa shape index (κ3) is 7.14. The van der Waals surface area contributed by atoms with Crippen molar-refractivity contribution in [3.05, 3.63) is 132 Å². The van der Waals surface area contributed by atoms with Crippen LogP contribution in [-0.2, 0) is 11.4 Å². The summed E-state index contributed by atoms with van der Waals surface area (Å²) in [4.78, 5) is 29.4. The van der Waals surface area contributed by atoms with Gasteiger partial charge in [0, 0.05) is 49.2 Å². The summed E-state index contributed by atoms with van der Waals surface area (Å²) in [7, 11) is 0. The Balaban J connectivity index is 1.09. The molecule has 1 heterocycles. The van der Waals surface area contributed by atoms with Gasteiger partial charge in [0.1, 0.15) is 12.4 Å². The molecule has 6 nitrogen and oxygen atoms in total. The van der Waals surface area contributed by atoms with Gasteiger partial charge in [-0.2, -0.15) is 0 Å². The smallest absolute Gasteiger partial charge is 0.255 e. The van der Waals surface area contributed by atoms with Crippen molar-refractivity contribution in [2.24, 2.45) is 0 Å². The van der Waals surface area contributed by atoms with Crippen molar-refractivity contribution >= 4 is 29.3 Å². The highest BCUT2D eigenvalue weighted by molar-refractivity contribution is 6.04. The first-order valence-electron chi connectivity index (χ1n) is 13.1. The highest BCUT2D eigenvalue weighted by atomic mass is 16.5. The number of anilines is 2. The molecule has 0 aliphatic carbocycles. The molecule has 0 radical (unpaired) electrons. The number of ether oxygens (including phenoxy) is 1. The molecular formula is C33H31N3O3. The molecule has 0 saturated carbocycles. The van der Waals surface area contributed by atoms with Gasteiger partial charge in [-0.3, -0.25) is 9.59 Å². The van der Waals surface area contributed by atoms with E-state index in [-0.39, 0.29) is 11.8 Å². The molecule has 5 rings (SSSR count). The molecule has 1 saturated heterocycles. The maximum Gasteiger partial charge on any atom is 0.255 e. The van der Waals surface area contributed by atoms with Crippen molar-refractivity contribution in [3.8, 4) is 5.75 Å². The highest BCUT2D eigenvalue weighted by Gasteiger charge is 2.20. The Labute approximate surface area is 229 Å². The number of benzene rings is 4. The minimum Gasteiger partial charge on any atom is -0.489 e. The van der Waals surface area contributed by atoms with Crippen LogP contribution in [0, 0.1) is 0 Å². The summed E-state index contributed by atoms with van der Waals surface area (Å²) in [6.07, 6.45) is 3.50. The first-order valence-corrected chi connectivity index (χ1v) is 13.1. The molecule has 196 valence electrons. The zero-order chi connectivity index (χ0) is 26.9. The second-order valence-electron chi connectivity index (χ2n) is 9.36. The maximum absolute atomic E-state index is 12.7. The van der Waals surface area contributed by atoms with Gasteiger partial charge < -0.3 is 19.9 Å². The van der Waals surface area contributed by atoms with Gasteiger partial charge in [-0.1, -0.05) is 60.7 Å². The number of carbonyl (C=O) groups excluding carboxylic acids is 2. The van der Waals surface area contributed by atoms with E-state index in [1.807, 2.05) is 108 Å². The first kappa shape index (κ1) is 25.8. The van der Waals surface area contributed by atoms with E-state index in [9.17, 15) is 9.59 Å². The molecule has 1 fully saturated rings. The Bertz CT molecular complexity index is 1390. The van der Waals surface area contributed by atoms with Gasteiger partial charge in [-0.15, -0.1) is 0 Å². The molecule has 0 bridgehead atoms. The Morgan fingerprint density at radius 3 is 2.05 bits per heavy atom. The van der Waals surface area contributed by atoms with Crippen LogP contribution in [0.3, 0.4) is 0 Å². The topological polar surface area (TPSA) is 61.9 Å². The molecule has 6 heteroatoms. The summed E-state index contributed by atoms with van der Waals surface area (Å²) in [5.41, 5.74) is 4.47. The fraction of sp³-hybridized carbons (Fsp3) is 0.152. The summed E-state index contributed by atoms with van der Waals surface area (Å²) < 4.78 is 5.80. The largest absolute Gasteiger partial charge is 0.489 e. The normalized spacial score (nSPS) is 13.3. The first-order chi connectivity index (χ1) is 19.1. The molecule has 0 atom stereocenters. The summed E-state index contributed by atoms with van der Waals surface area (Å²) in [5.74, 6) is 0.578. The molecule has 4 aromatic carbocycles. The second kappa shape index (κ2) is 12.6. The quantitative estimate of drug-likeness (QED) is 0.297. The zero-order valence-electron chi connectivity index (χ0n) is 21.7. The van der Waals surface area contributed by atoms with E-state index in [2.05, 4.69) is 10.2 Å². The molecule has 4 aromatic rings. The van der Waals surface area contributed by atoms with E-state index in [0.717, 1.165) is 35.6 Å². The number of hydrogen-bond acceptors (Lipinski definition) is 4. The standard InChI is InChI=1S/C33H31N3O3/c37-32(20-11-26-7-3-1-4-8-26)36-23-21-35(22-24-36)30-16-14-29(15-17-30)34-33(38)28-12-18-31(19-13-28)39-25-27-9-5-2-6-10-27/h1-20H,21-25H2,(H,34,38)/b20-11+. The average molecular weight is 518 g/mol. The number of piperazine rings is 1. The minimum absolute atomic E-state index is 0.0346. The second-order valence-corrected chi connectivity index (χ2v) is 9.36. The van der Waals surface area contributed by atoms with Gasteiger partial charge in [0.15, 0.2) is 0 Å². The summed E-state index contributed by atoms with van der Waals surface area (Å²) in [5, 5.41) is 2.96. The molecule has 0 unspecified atom stereocenters. The van der Waals surface area contributed by atoms with E-state index in [0.29, 0.717) is 31.0 Å². The number of carbonyl (C=O) groups is 2. The van der Waals surface area contributed by atoms with E-state index in [1.165, 1.54) is 0 Å². The van der Waals surface area contributed by atoms with Crippen molar-refractivity contribution < 1.29 is 14.3 Å². The Morgan fingerprint density at radius 2 is 1.38 bits per heavy atom. The number of rotatable bonds is 8. The summed E-state index contributed by atoms with van der Waals surface area (Å²) >= 11 is 0. The molecule has 0 spiro atoms. The third-order valence-corrected chi connectivity index (χ3v) is 6.66. The van der Waals surface area contributed by atoms with Gasteiger partial charge >= 0.3 is 0 Å².